The van der Waals surface area contributed by atoms with E-state index in [-0.39, 0.29) is 11.8 Å². The van der Waals surface area contributed by atoms with Gasteiger partial charge in [0.05, 0.1) is 5.39 Å². The molecule has 0 aromatic carbocycles. The number of primary amides is 1. The van der Waals surface area contributed by atoms with E-state index < -0.39 is 0 Å². The first-order valence-electron chi connectivity index (χ1n) is 7.65. The summed E-state index contributed by atoms with van der Waals surface area (Å²) in [6.07, 6.45) is 5.01. The summed E-state index contributed by atoms with van der Waals surface area (Å²) in [5.74, 6) is 0.733. The van der Waals surface area contributed by atoms with Gasteiger partial charge in [-0.25, -0.2) is 4.98 Å². The van der Waals surface area contributed by atoms with Crippen LogP contribution >= 0.6 is 22.9 Å². The first-order chi connectivity index (χ1) is 10.6. The summed E-state index contributed by atoms with van der Waals surface area (Å²) in [6, 6.07) is 0. The van der Waals surface area contributed by atoms with E-state index in [1.54, 1.807) is 11.3 Å². The van der Waals surface area contributed by atoms with E-state index in [9.17, 15) is 4.79 Å². The standard InChI is InChI=1S/C15H17ClN4OS/c16-15-18-13(20-6-4-8(5-7-20)12(17)21)11-9-2-1-3-10(9)22-14(11)19-15/h8H,1-7H2,(H2,17,21). The molecule has 0 spiro atoms. The number of nitrogens with zero attached hydrogens (tertiary/aromatic N) is 3. The van der Waals surface area contributed by atoms with Crippen LogP contribution in [0.25, 0.3) is 10.2 Å². The molecule has 5 nitrogen and oxygen atoms in total. The Morgan fingerprint density at radius 2 is 2.05 bits per heavy atom. The summed E-state index contributed by atoms with van der Waals surface area (Å²) in [5, 5.41) is 1.49. The number of nitrogens with two attached hydrogens (primary N) is 1. The first kappa shape index (κ1) is 14.2. The lowest BCUT2D eigenvalue weighted by molar-refractivity contribution is -0.122. The summed E-state index contributed by atoms with van der Waals surface area (Å²) >= 11 is 7.88. The van der Waals surface area contributed by atoms with Crippen LogP contribution in [0.3, 0.4) is 0 Å². The van der Waals surface area contributed by atoms with Gasteiger partial charge in [-0.05, 0) is 49.3 Å². The quantitative estimate of drug-likeness (QED) is 0.855. The average molecular weight is 337 g/mol. The van der Waals surface area contributed by atoms with Gasteiger partial charge in [0.2, 0.25) is 11.2 Å². The Morgan fingerprint density at radius 1 is 1.27 bits per heavy atom. The highest BCUT2D eigenvalue weighted by atomic mass is 35.5. The minimum Gasteiger partial charge on any atom is -0.369 e. The SMILES string of the molecule is NC(=O)C1CCN(c2nc(Cl)nc3sc4c(c23)CCC4)CC1. The van der Waals surface area contributed by atoms with Crippen LogP contribution in [0.15, 0.2) is 0 Å². The molecule has 1 saturated heterocycles. The van der Waals surface area contributed by atoms with Crippen molar-refractivity contribution in [3.05, 3.63) is 15.7 Å². The molecule has 0 unspecified atom stereocenters. The molecule has 2 aromatic heterocycles. The van der Waals surface area contributed by atoms with Gasteiger partial charge in [0, 0.05) is 23.9 Å². The molecule has 0 bridgehead atoms. The maximum Gasteiger partial charge on any atom is 0.225 e. The van der Waals surface area contributed by atoms with Crippen molar-refractivity contribution in [2.45, 2.75) is 32.1 Å². The summed E-state index contributed by atoms with van der Waals surface area (Å²) < 4.78 is 0. The Labute approximate surface area is 137 Å². The number of rotatable bonds is 2. The van der Waals surface area contributed by atoms with Gasteiger partial charge in [-0.1, -0.05) is 0 Å². The van der Waals surface area contributed by atoms with E-state index in [0.717, 1.165) is 49.4 Å². The van der Waals surface area contributed by atoms with Gasteiger partial charge in [-0.15, -0.1) is 11.3 Å². The van der Waals surface area contributed by atoms with E-state index in [1.807, 2.05) is 0 Å². The summed E-state index contributed by atoms with van der Waals surface area (Å²) in [4.78, 5) is 24.9. The molecule has 0 atom stereocenters. The Bertz CT molecular complexity index is 752. The zero-order valence-electron chi connectivity index (χ0n) is 12.1. The molecule has 2 aliphatic rings. The van der Waals surface area contributed by atoms with Crippen LogP contribution < -0.4 is 10.6 Å². The molecule has 3 heterocycles. The predicted molar refractivity (Wildman–Crippen MR) is 88.6 cm³/mol. The van der Waals surface area contributed by atoms with Crippen molar-refractivity contribution in [2.75, 3.05) is 18.0 Å². The van der Waals surface area contributed by atoms with E-state index >= 15 is 0 Å². The second kappa shape index (κ2) is 5.35. The second-order valence-electron chi connectivity index (χ2n) is 6.02. The zero-order chi connectivity index (χ0) is 15.3. The molecule has 2 aromatic rings. The van der Waals surface area contributed by atoms with Gasteiger partial charge < -0.3 is 10.6 Å². The van der Waals surface area contributed by atoms with Crippen molar-refractivity contribution in [1.29, 1.82) is 0 Å². The summed E-state index contributed by atoms with van der Waals surface area (Å²) in [6.45, 7) is 1.58. The van der Waals surface area contributed by atoms with Crippen LogP contribution in [0, 0.1) is 5.92 Å². The van der Waals surface area contributed by atoms with Crippen LogP contribution in [0.2, 0.25) is 5.28 Å². The molecule has 2 N–H and O–H groups in total. The lowest BCUT2D eigenvalue weighted by Gasteiger charge is -2.32. The Balaban J connectivity index is 1.74. The van der Waals surface area contributed by atoms with Gasteiger partial charge in [0.25, 0.3) is 0 Å². The summed E-state index contributed by atoms with van der Waals surface area (Å²) in [7, 11) is 0. The lowest BCUT2D eigenvalue weighted by atomic mass is 9.96. The van der Waals surface area contributed by atoms with Gasteiger partial charge >= 0.3 is 0 Å². The lowest BCUT2D eigenvalue weighted by Crippen LogP contribution is -2.39. The maximum atomic E-state index is 11.3. The fourth-order valence-corrected chi connectivity index (χ4v) is 5.03. The number of aromatic nitrogens is 2. The Kier molecular flexibility index (Phi) is 3.46. The number of thiophene rings is 1. The van der Waals surface area contributed by atoms with Crippen molar-refractivity contribution in [3.8, 4) is 0 Å². The molecule has 0 saturated carbocycles. The van der Waals surface area contributed by atoms with Crippen molar-refractivity contribution in [1.82, 2.24) is 9.97 Å². The van der Waals surface area contributed by atoms with Crippen molar-refractivity contribution >= 4 is 44.9 Å². The van der Waals surface area contributed by atoms with Gasteiger partial charge in [0.1, 0.15) is 10.6 Å². The smallest absolute Gasteiger partial charge is 0.225 e. The van der Waals surface area contributed by atoms with E-state index in [4.69, 9.17) is 17.3 Å². The molecule has 116 valence electrons. The van der Waals surface area contributed by atoms with Gasteiger partial charge in [-0.3, -0.25) is 4.79 Å². The van der Waals surface area contributed by atoms with Crippen molar-refractivity contribution < 1.29 is 4.79 Å². The molecule has 1 fully saturated rings. The molecule has 0 radical (unpaired) electrons. The molecular weight excluding hydrogens is 320 g/mol. The van der Waals surface area contributed by atoms with Crippen LogP contribution in [-0.4, -0.2) is 29.0 Å². The molecule has 4 rings (SSSR count). The normalized spacial score (nSPS) is 18.9. The fourth-order valence-electron chi connectivity index (χ4n) is 3.56. The number of fused-ring (bicyclic) bond motifs is 3. The number of halogens is 1. The molecule has 1 aliphatic heterocycles. The average Bonchev–Trinajstić information content (AvgIpc) is 3.06. The molecule has 1 aliphatic carbocycles. The van der Waals surface area contributed by atoms with Crippen LogP contribution in [0.4, 0.5) is 5.82 Å². The Hall–Kier alpha value is -1.40. The molecular formula is C15H17ClN4OS. The third-order valence-electron chi connectivity index (χ3n) is 4.72. The number of piperidine rings is 1. The third kappa shape index (κ3) is 2.25. The Morgan fingerprint density at radius 3 is 2.77 bits per heavy atom. The van der Waals surface area contributed by atoms with Crippen molar-refractivity contribution in [2.24, 2.45) is 11.7 Å². The highest BCUT2D eigenvalue weighted by Crippen LogP contribution is 2.41. The zero-order valence-corrected chi connectivity index (χ0v) is 13.7. The third-order valence-corrected chi connectivity index (χ3v) is 6.07. The van der Waals surface area contributed by atoms with Crippen molar-refractivity contribution in [3.63, 3.8) is 0 Å². The van der Waals surface area contributed by atoms with Gasteiger partial charge in [-0.2, -0.15) is 4.98 Å². The summed E-state index contributed by atoms with van der Waals surface area (Å²) in [5.41, 5.74) is 6.83. The minimum atomic E-state index is -0.193. The predicted octanol–water partition coefficient (Wildman–Crippen LogP) is 2.54. The topological polar surface area (TPSA) is 72.1 Å². The number of carbonyl (C=O) groups excluding carboxylic acids is 1. The highest BCUT2D eigenvalue weighted by Gasteiger charge is 2.28. The van der Waals surface area contributed by atoms with E-state index in [2.05, 4.69) is 14.9 Å². The molecule has 22 heavy (non-hydrogen) atoms. The number of anilines is 1. The molecule has 7 heteroatoms. The second-order valence-corrected chi connectivity index (χ2v) is 7.44. The number of carbonyl (C=O) groups is 1. The number of aryl methyl sites for hydroxylation is 2. The number of hydrogen-bond donors (Lipinski definition) is 1. The number of hydrogen-bond acceptors (Lipinski definition) is 5. The largest absolute Gasteiger partial charge is 0.369 e. The van der Waals surface area contributed by atoms with E-state index in [0.29, 0.717) is 5.28 Å². The van der Waals surface area contributed by atoms with Crippen LogP contribution in [-0.2, 0) is 17.6 Å². The van der Waals surface area contributed by atoms with E-state index in [1.165, 1.54) is 22.2 Å². The minimum absolute atomic E-state index is 0.0164. The maximum absolute atomic E-state index is 11.3. The van der Waals surface area contributed by atoms with Crippen LogP contribution in [0.5, 0.6) is 0 Å². The number of amides is 1. The highest BCUT2D eigenvalue weighted by molar-refractivity contribution is 7.19. The first-order valence-corrected chi connectivity index (χ1v) is 8.85. The fraction of sp³-hybridized carbons (Fsp3) is 0.533. The van der Waals surface area contributed by atoms with Crippen LogP contribution in [0.1, 0.15) is 29.7 Å². The van der Waals surface area contributed by atoms with Gasteiger partial charge in [0.15, 0.2) is 0 Å². The molecule has 1 amide bonds. The monoisotopic (exact) mass is 336 g/mol.